The molecular formula is C21H20N2O4. The number of aliphatic hydroxyl groups excluding tert-OH is 1. The molecule has 2 aromatic carbocycles. The second-order valence-corrected chi connectivity index (χ2v) is 6.69. The maximum atomic E-state index is 13.4. The Morgan fingerprint density at radius 2 is 2.04 bits per heavy atom. The van der Waals surface area contributed by atoms with Gasteiger partial charge in [0.05, 0.1) is 12.7 Å². The number of anilines is 1. The van der Waals surface area contributed by atoms with E-state index in [2.05, 4.69) is 10.3 Å². The van der Waals surface area contributed by atoms with Crippen molar-refractivity contribution >= 4 is 28.3 Å². The minimum Gasteiger partial charge on any atom is -0.465 e. The molecule has 1 aliphatic rings. The molecule has 0 saturated heterocycles. The third-order valence-corrected chi connectivity index (χ3v) is 5.18. The Balaban J connectivity index is 1.85. The molecule has 6 nitrogen and oxygen atoms in total. The van der Waals surface area contributed by atoms with Crippen molar-refractivity contribution in [3.05, 3.63) is 65.4 Å². The molecule has 3 aromatic rings. The van der Waals surface area contributed by atoms with Crippen LogP contribution < -0.4 is 5.32 Å². The van der Waals surface area contributed by atoms with Gasteiger partial charge in [-0.25, -0.2) is 4.79 Å². The lowest BCUT2D eigenvalue weighted by Gasteiger charge is -2.28. The van der Waals surface area contributed by atoms with E-state index in [0.29, 0.717) is 29.7 Å². The van der Waals surface area contributed by atoms with E-state index in [0.717, 1.165) is 16.5 Å². The molecule has 3 N–H and O–H groups in total. The molecule has 2 heterocycles. The third kappa shape index (κ3) is 2.61. The van der Waals surface area contributed by atoms with Gasteiger partial charge in [-0.3, -0.25) is 4.79 Å². The molecule has 0 saturated carbocycles. The van der Waals surface area contributed by atoms with E-state index >= 15 is 0 Å². The summed E-state index contributed by atoms with van der Waals surface area (Å²) in [6.07, 6.45) is 2.75. The minimum atomic E-state index is -0.987. The van der Waals surface area contributed by atoms with Crippen LogP contribution in [0.4, 0.5) is 5.69 Å². The Hall–Kier alpha value is -3.12. The van der Waals surface area contributed by atoms with Crippen molar-refractivity contribution in [3.8, 4) is 0 Å². The van der Waals surface area contributed by atoms with E-state index < -0.39 is 11.5 Å². The molecule has 0 bridgehead atoms. The number of esters is 1. The van der Waals surface area contributed by atoms with E-state index in [1.807, 2.05) is 30.5 Å². The quantitative estimate of drug-likeness (QED) is 0.605. The van der Waals surface area contributed by atoms with Gasteiger partial charge in [-0.2, -0.15) is 0 Å². The minimum absolute atomic E-state index is 0.0111. The van der Waals surface area contributed by atoms with E-state index in [-0.39, 0.29) is 12.4 Å². The number of benzene rings is 2. The number of carbonyl (C=O) groups is 2. The summed E-state index contributed by atoms with van der Waals surface area (Å²) < 4.78 is 4.78. The number of hydrogen-bond acceptors (Lipinski definition) is 5. The van der Waals surface area contributed by atoms with Gasteiger partial charge in [-0.05, 0) is 37.1 Å². The zero-order valence-electron chi connectivity index (χ0n) is 14.9. The van der Waals surface area contributed by atoms with Crippen LogP contribution >= 0.6 is 0 Å². The topological polar surface area (TPSA) is 91.4 Å². The summed E-state index contributed by atoms with van der Waals surface area (Å²) in [6, 6.07) is 12.7. The van der Waals surface area contributed by atoms with Crippen molar-refractivity contribution in [1.29, 1.82) is 0 Å². The lowest BCUT2D eigenvalue weighted by Crippen LogP contribution is -2.38. The highest BCUT2D eigenvalue weighted by Crippen LogP contribution is 2.44. The summed E-state index contributed by atoms with van der Waals surface area (Å²) in [6.45, 7) is -0.0111. The average molecular weight is 364 g/mol. The van der Waals surface area contributed by atoms with Crippen molar-refractivity contribution < 1.29 is 19.4 Å². The van der Waals surface area contributed by atoms with Crippen LogP contribution in [0.3, 0.4) is 0 Å². The third-order valence-electron chi connectivity index (χ3n) is 5.18. The fourth-order valence-corrected chi connectivity index (χ4v) is 3.88. The van der Waals surface area contributed by atoms with Gasteiger partial charge < -0.3 is 20.1 Å². The van der Waals surface area contributed by atoms with Crippen LogP contribution in [0.5, 0.6) is 0 Å². The number of nitrogens with one attached hydrogen (secondary N) is 2. The number of ketones is 1. The normalized spacial score (nSPS) is 18.4. The van der Waals surface area contributed by atoms with Crippen LogP contribution in [0.25, 0.3) is 10.9 Å². The monoisotopic (exact) mass is 364 g/mol. The molecule has 27 heavy (non-hydrogen) atoms. The lowest BCUT2D eigenvalue weighted by atomic mass is 9.81. The van der Waals surface area contributed by atoms with Crippen molar-refractivity contribution in [2.75, 3.05) is 19.0 Å². The molecule has 1 atom stereocenters. The first kappa shape index (κ1) is 17.3. The lowest BCUT2D eigenvalue weighted by molar-refractivity contribution is 0.0600. The number of fused-ring (bicyclic) bond motifs is 2. The summed E-state index contributed by atoms with van der Waals surface area (Å²) in [5.74, 6) is -0.515. The molecule has 6 heteroatoms. The number of ether oxygens (including phenoxy) is 1. The molecule has 4 rings (SSSR count). The number of carbonyl (C=O) groups excluding carboxylic acids is 2. The van der Waals surface area contributed by atoms with Crippen molar-refractivity contribution in [2.45, 2.75) is 18.4 Å². The number of hydrogen-bond donors (Lipinski definition) is 3. The van der Waals surface area contributed by atoms with E-state index in [1.165, 1.54) is 7.11 Å². The summed E-state index contributed by atoms with van der Waals surface area (Å²) in [4.78, 5) is 28.5. The number of Topliss-reactive ketones (excluding diaryl/α,β-unsaturated/α-hetero) is 1. The van der Waals surface area contributed by atoms with Crippen LogP contribution in [-0.4, -0.2) is 35.6 Å². The van der Waals surface area contributed by atoms with Gasteiger partial charge in [-0.15, -0.1) is 0 Å². The maximum Gasteiger partial charge on any atom is 0.337 e. The highest BCUT2D eigenvalue weighted by atomic mass is 16.5. The Kier molecular flexibility index (Phi) is 4.20. The summed E-state index contributed by atoms with van der Waals surface area (Å²) in [5.41, 5.74) is 2.31. The summed E-state index contributed by atoms with van der Waals surface area (Å²) >= 11 is 0. The van der Waals surface area contributed by atoms with Gasteiger partial charge in [0.1, 0.15) is 5.54 Å². The van der Waals surface area contributed by atoms with E-state index in [4.69, 9.17) is 4.74 Å². The molecule has 1 aromatic heterocycles. The van der Waals surface area contributed by atoms with Crippen molar-refractivity contribution in [2.24, 2.45) is 0 Å². The van der Waals surface area contributed by atoms with Gasteiger partial charge in [-0.1, -0.05) is 18.2 Å². The highest BCUT2D eigenvalue weighted by Gasteiger charge is 2.47. The molecule has 138 valence electrons. The molecule has 1 aliphatic heterocycles. The molecule has 0 fully saturated rings. The number of methoxy groups -OCH3 is 1. The predicted octanol–water partition coefficient (Wildman–Crippen LogP) is 3.23. The Morgan fingerprint density at radius 1 is 1.22 bits per heavy atom. The molecule has 0 radical (unpaired) electrons. The average Bonchev–Trinajstić information content (AvgIpc) is 3.25. The molecule has 1 unspecified atom stereocenters. The Bertz CT molecular complexity index is 1040. The second kappa shape index (κ2) is 6.55. The fourth-order valence-electron chi connectivity index (χ4n) is 3.88. The van der Waals surface area contributed by atoms with Gasteiger partial charge in [0.15, 0.2) is 5.78 Å². The van der Waals surface area contributed by atoms with Gasteiger partial charge in [0, 0.05) is 40.5 Å². The largest absolute Gasteiger partial charge is 0.465 e. The SMILES string of the molecule is COC(=O)c1ccc2c(c1)NC(CCCO)(c1c[nH]c3ccccc13)C2=O. The molecule has 0 aliphatic carbocycles. The smallest absolute Gasteiger partial charge is 0.337 e. The Labute approximate surface area is 156 Å². The predicted molar refractivity (Wildman–Crippen MR) is 102 cm³/mol. The summed E-state index contributed by atoms with van der Waals surface area (Å²) in [5, 5.41) is 13.7. The first-order valence-electron chi connectivity index (χ1n) is 8.83. The molecule has 0 amide bonds. The number of para-hydroxylation sites is 1. The van der Waals surface area contributed by atoms with Crippen LogP contribution in [0.1, 0.15) is 39.1 Å². The molecule has 0 spiro atoms. The Morgan fingerprint density at radius 3 is 2.81 bits per heavy atom. The number of aromatic nitrogens is 1. The zero-order chi connectivity index (χ0) is 19.0. The number of rotatable bonds is 5. The van der Waals surface area contributed by atoms with Gasteiger partial charge in [0.2, 0.25) is 0 Å². The van der Waals surface area contributed by atoms with Crippen LogP contribution in [0, 0.1) is 0 Å². The highest BCUT2D eigenvalue weighted by molar-refractivity contribution is 6.16. The van der Waals surface area contributed by atoms with Gasteiger partial charge >= 0.3 is 5.97 Å². The first-order chi connectivity index (χ1) is 13.1. The van der Waals surface area contributed by atoms with E-state index in [9.17, 15) is 14.7 Å². The molecular weight excluding hydrogens is 344 g/mol. The van der Waals surface area contributed by atoms with E-state index in [1.54, 1.807) is 18.2 Å². The zero-order valence-corrected chi connectivity index (χ0v) is 14.9. The fraction of sp³-hybridized carbons (Fsp3) is 0.238. The number of aromatic amines is 1. The second-order valence-electron chi connectivity index (χ2n) is 6.69. The van der Waals surface area contributed by atoms with Crippen LogP contribution in [0.15, 0.2) is 48.7 Å². The van der Waals surface area contributed by atoms with Crippen molar-refractivity contribution in [3.63, 3.8) is 0 Å². The number of H-pyrrole nitrogens is 1. The van der Waals surface area contributed by atoms with Crippen LogP contribution in [0.2, 0.25) is 0 Å². The number of aliphatic hydroxyl groups is 1. The van der Waals surface area contributed by atoms with Gasteiger partial charge in [0.25, 0.3) is 0 Å². The van der Waals surface area contributed by atoms with Crippen LogP contribution in [-0.2, 0) is 10.3 Å². The van der Waals surface area contributed by atoms with Crippen molar-refractivity contribution in [1.82, 2.24) is 4.98 Å². The summed E-state index contributed by atoms with van der Waals surface area (Å²) in [7, 11) is 1.33. The standard InChI is InChI=1S/C21H20N2O4/c1-27-20(26)13-7-8-15-18(11-13)23-21(19(15)25,9-4-10-24)16-12-22-17-6-3-2-5-14(16)17/h2-3,5-8,11-12,22-24H,4,9-10H2,1H3. The maximum absolute atomic E-state index is 13.4. The first-order valence-corrected chi connectivity index (χ1v) is 8.83.